The molecule has 2 aliphatic rings. The van der Waals surface area contributed by atoms with Crippen LogP contribution in [-0.4, -0.2) is 33.0 Å². The first-order chi connectivity index (χ1) is 17.0. The van der Waals surface area contributed by atoms with E-state index in [0.29, 0.717) is 17.3 Å². The lowest BCUT2D eigenvalue weighted by atomic mass is 9.98. The highest BCUT2D eigenvalue weighted by Crippen LogP contribution is 2.38. The molecule has 0 aromatic heterocycles. The van der Waals surface area contributed by atoms with Gasteiger partial charge in [0.2, 0.25) is 5.91 Å². The summed E-state index contributed by atoms with van der Waals surface area (Å²) >= 11 is 1.25. The average Bonchev–Trinajstić information content (AvgIpc) is 3.46. The van der Waals surface area contributed by atoms with Gasteiger partial charge in [0.15, 0.2) is 5.17 Å². The van der Waals surface area contributed by atoms with Gasteiger partial charge in [-0.05, 0) is 42.3 Å². The van der Waals surface area contributed by atoms with Crippen LogP contribution in [0.25, 0.3) is 0 Å². The van der Waals surface area contributed by atoms with Crippen LogP contribution >= 0.6 is 11.8 Å². The second-order valence-corrected chi connectivity index (χ2v) is 9.66. The lowest BCUT2D eigenvalue weighted by Gasteiger charge is -2.23. The molecule has 8 heteroatoms. The minimum absolute atomic E-state index is 0.0355. The molecule has 0 saturated carbocycles. The van der Waals surface area contributed by atoms with Crippen LogP contribution in [0.5, 0.6) is 0 Å². The number of thioether (sulfide) groups is 1. The molecule has 1 N–H and O–H groups in total. The van der Waals surface area contributed by atoms with Gasteiger partial charge in [-0.1, -0.05) is 71.9 Å². The van der Waals surface area contributed by atoms with Crippen molar-refractivity contribution in [3.05, 3.63) is 101 Å². The van der Waals surface area contributed by atoms with Gasteiger partial charge in [0.1, 0.15) is 11.1 Å². The monoisotopic (exact) mass is 486 g/mol. The molecule has 0 fully saturated rings. The number of nitrogens with one attached hydrogen (secondary N) is 1. The molecular formula is C27H23FN4O2S. The summed E-state index contributed by atoms with van der Waals surface area (Å²) in [6, 6.07) is 23.6. The molecule has 2 aliphatic heterocycles. The van der Waals surface area contributed by atoms with Crippen molar-refractivity contribution in [2.75, 3.05) is 5.32 Å². The summed E-state index contributed by atoms with van der Waals surface area (Å²) in [6.45, 7) is 2.04. The predicted molar refractivity (Wildman–Crippen MR) is 137 cm³/mol. The highest BCUT2D eigenvalue weighted by Gasteiger charge is 2.39. The zero-order valence-corrected chi connectivity index (χ0v) is 19.8. The number of anilines is 1. The molecule has 176 valence electrons. The summed E-state index contributed by atoms with van der Waals surface area (Å²) in [5, 5.41) is 9.23. The number of nitrogens with zero attached hydrogens (tertiary/aromatic N) is 3. The Hall–Kier alpha value is -3.78. The number of hydrogen-bond donors (Lipinski definition) is 1. The minimum atomic E-state index is -0.639. The normalized spacial score (nSPS) is 19.5. The molecule has 2 heterocycles. The van der Waals surface area contributed by atoms with Crippen LogP contribution < -0.4 is 5.32 Å². The zero-order chi connectivity index (χ0) is 24.4. The number of hydrogen-bond acceptors (Lipinski definition) is 5. The Morgan fingerprint density at radius 3 is 2.49 bits per heavy atom. The molecule has 0 spiro atoms. The molecule has 0 unspecified atom stereocenters. The number of halogens is 1. The van der Waals surface area contributed by atoms with E-state index in [-0.39, 0.29) is 30.1 Å². The first-order valence-electron chi connectivity index (χ1n) is 11.3. The molecule has 0 radical (unpaired) electrons. The van der Waals surface area contributed by atoms with Gasteiger partial charge in [-0.15, -0.1) is 0 Å². The maximum atomic E-state index is 13.1. The first-order valence-corrected chi connectivity index (χ1v) is 12.2. The maximum absolute atomic E-state index is 13.1. The second-order valence-electron chi connectivity index (χ2n) is 8.49. The Kier molecular flexibility index (Phi) is 6.46. The van der Waals surface area contributed by atoms with Gasteiger partial charge in [-0.3, -0.25) is 9.59 Å². The number of aliphatic imine (C=N–C) groups is 1. The van der Waals surface area contributed by atoms with Gasteiger partial charge in [-0.25, -0.2) is 9.40 Å². The smallest absolute Gasteiger partial charge is 0.262 e. The van der Waals surface area contributed by atoms with E-state index in [0.717, 1.165) is 22.4 Å². The average molecular weight is 487 g/mol. The number of aryl methyl sites for hydroxylation is 1. The fourth-order valence-corrected chi connectivity index (χ4v) is 5.12. The van der Waals surface area contributed by atoms with Crippen molar-refractivity contribution in [1.82, 2.24) is 5.01 Å². The van der Waals surface area contributed by atoms with E-state index in [1.807, 2.05) is 42.3 Å². The molecule has 0 aliphatic carbocycles. The van der Waals surface area contributed by atoms with Gasteiger partial charge in [0.25, 0.3) is 5.91 Å². The number of amidine groups is 1. The molecule has 0 saturated heterocycles. The molecule has 6 nitrogen and oxygen atoms in total. The highest BCUT2D eigenvalue weighted by molar-refractivity contribution is 8.15. The molecule has 35 heavy (non-hydrogen) atoms. The Morgan fingerprint density at radius 1 is 1.06 bits per heavy atom. The Labute approximate surface area is 207 Å². The quantitative estimate of drug-likeness (QED) is 0.530. The third-order valence-electron chi connectivity index (χ3n) is 5.90. The molecular weight excluding hydrogens is 463 g/mol. The zero-order valence-electron chi connectivity index (χ0n) is 19.0. The van der Waals surface area contributed by atoms with Crippen LogP contribution in [0.4, 0.5) is 10.1 Å². The molecule has 3 aromatic carbocycles. The molecule has 3 aromatic rings. The number of hydrazone groups is 1. The van der Waals surface area contributed by atoms with Gasteiger partial charge in [0, 0.05) is 18.5 Å². The van der Waals surface area contributed by atoms with E-state index in [9.17, 15) is 14.0 Å². The lowest BCUT2D eigenvalue weighted by Crippen LogP contribution is -2.25. The predicted octanol–water partition coefficient (Wildman–Crippen LogP) is 5.31. The second kappa shape index (κ2) is 9.84. The molecule has 2 amide bonds. The van der Waals surface area contributed by atoms with Crippen LogP contribution in [0.2, 0.25) is 0 Å². The fourth-order valence-electron chi connectivity index (χ4n) is 4.06. The third kappa shape index (κ3) is 5.17. The van der Waals surface area contributed by atoms with E-state index in [1.165, 1.54) is 36.0 Å². The van der Waals surface area contributed by atoms with Crippen LogP contribution in [0.15, 0.2) is 89.0 Å². The minimum Gasteiger partial charge on any atom is -0.326 e. The van der Waals surface area contributed by atoms with E-state index < -0.39 is 5.25 Å². The van der Waals surface area contributed by atoms with Gasteiger partial charge in [-0.2, -0.15) is 10.1 Å². The SMILES string of the molecule is Cc1ccc([C@@H]2CC(c3ccccc3)=NN2C2=NC(=O)[C@H](CC(=O)Nc3ccc(F)cc3)S2)cc1. The third-order valence-corrected chi connectivity index (χ3v) is 7.05. The topological polar surface area (TPSA) is 74.1 Å². The molecule has 5 rings (SSSR count). The van der Waals surface area contributed by atoms with Crippen LogP contribution in [0.1, 0.15) is 35.6 Å². The van der Waals surface area contributed by atoms with Gasteiger partial charge >= 0.3 is 0 Å². The van der Waals surface area contributed by atoms with Crippen molar-refractivity contribution in [3.8, 4) is 0 Å². The Balaban J connectivity index is 1.34. The fraction of sp³-hybridized carbons (Fsp3) is 0.185. The maximum Gasteiger partial charge on any atom is 0.262 e. The van der Waals surface area contributed by atoms with Crippen LogP contribution in [-0.2, 0) is 9.59 Å². The van der Waals surface area contributed by atoms with Crippen molar-refractivity contribution >= 4 is 40.1 Å². The summed E-state index contributed by atoms with van der Waals surface area (Å²) in [4.78, 5) is 29.5. The summed E-state index contributed by atoms with van der Waals surface area (Å²) in [7, 11) is 0. The summed E-state index contributed by atoms with van der Waals surface area (Å²) in [5.41, 5.74) is 4.67. The number of benzene rings is 3. The lowest BCUT2D eigenvalue weighted by molar-refractivity contribution is -0.121. The summed E-state index contributed by atoms with van der Waals surface area (Å²) in [6.07, 6.45) is 0.642. The van der Waals surface area contributed by atoms with Crippen molar-refractivity contribution < 1.29 is 14.0 Å². The van der Waals surface area contributed by atoms with Crippen molar-refractivity contribution in [2.24, 2.45) is 10.1 Å². The Bertz CT molecular complexity index is 1310. The first kappa shape index (κ1) is 23.0. The van der Waals surface area contributed by atoms with Crippen molar-refractivity contribution in [3.63, 3.8) is 0 Å². The van der Waals surface area contributed by atoms with E-state index in [2.05, 4.69) is 34.6 Å². The number of carbonyl (C=O) groups is 2. The molecule has 0 bridgehead atoms. The summed E-state index contributed by atoms with van der Waals surface area (Å²) < 4.78 is 13.1. The van der Waals surface area contributed by atoms with E-state index in [4.69, 9.17) is 5.10 Å². The summed E-state index contributed by atoms with van der Waals surface area (Å²) in [5.74, 6) is -1.07. The number of rotatable bonds is 5. The van der Waals surface area contributed by atoms with Gasteiger partial charge in [0.05, 0.1) is 11.8 Å². The van der Waals surface area contributed by atoms with Crippen LogP contribution in [0.3, 0.4) is 0 Å². The van der Waals surface area contributed by atoms with Gasteiger partial charge < -0.3 is 5.32 Å². The van der Waals surface area contributed by atoms with Crippen LogP contribution in [0, 0.1) is 12.7 Å². The van der Waals surface area contributed by atoms with Crippen molar-refractivity contribution in [2.45, 2.75) is 31.1 Å². The number of carbonyl (C=O) groups excluding carboxylic acids is 2. The van der Waals surface area contributed by atoms with E-state index >= 15 is 0 Å². The largest absolute Gasteiger partial charge is 0.326 e. The highest BCUT2D eigenvalue weighted by atomic mass is 32.2. The van der Waals surface area contributed by atoms with Crippen molar-refractivity contribution in [1.29, 1.82) is 0 Å². The molecule has 2 atom stereocenters. The Morgan fingerprint density at radius 2 is 1.77 bits per heavy atom. The number of amides is 2. The standard InChI is InChI=1S/C27H23FN4O2S/c1-17-7-9-19(10-8-17)23-15-22(18-5-3-2-4-6-18)31-32(23)27-30-26(34)24(35-27)16-25(33)29-21-13-11-20(28)12-14-21/h2-14,23-24H,15-16H2,1H3,(H,29,33)/t23-,24-/m0/s1. The van der Waals surface area contributed by atoms with E-state index in [1.54, 1.807) is 0 Å².